The molecule has 0 saturated heterocycles. The van der Waals surface area contributed by atoms with Crippen molar-refractivity contribution in [1.29, 1.82) is 0 Å². The van der Waals surface area contributed by atoms with Crippen molar-refractivity contribution in [2.45, 2.75) is 32.4 Å². The van der Waals surface area contributed by atoms with Gasteiger partial charge < -0.3 is 5.32 Å². The van der Waals surface area contributed by atoms with E-state index < -0.39 is 10.8 Å². The van der Waals surface area contributed by atoms with Crippen LogP contribution < -0.4 is 5.32 Å². The predicted octanol–water partition coefficient (Wildman–Crippen LogP) is 0.755. The van der Waals surface area contributed by atoms with Gasteiger partial charge in [0.15, 0.2) is 0 Å². The quantitative estimate of drug-likeness (QED) is 0.644. The highest BCUT2D eigenvalue weighted by molar-refractivity contribution is 7.84. The van der Waals surface area contributed by atoms with Crippen LogP contribution in [0.4, 0.5) is 0 Å². The van der Waals surface area contributed by atoms with Gasteiger partial charge >= 0.3 is 0 Å². The summed E-state index contributed by atoms with van der Waals surface area (Å²) >= 11 is 0. The smallest absolute Gasteiger partial charge is 0.0660 e. The number of hydrogen-bond acceptors (Lipinski definition) is 2. The summed E-state index contributed by atoms with van der Waals surface area (Å²) in [5, 5.41) is 3.21. The summed E-state index contributed by atoms with van der Waals surface area (Å²) in [6.45, 7) is 4.00. The van der Waals surface area contributed by atoms with Gasteiger partial charge in [-0.3, -0.25) is 4.21 Å². The van der Waals surface area contributed by atoms with E-state index in [1.165, 1.54) is 0 Å². The van der Waals surface area contributed by atoms with E-state index in [0.717, 1.165) is 12.2 Å². The molecule has 0 heterocycles. The molecule has 0 spiro atoms. The van der Waals surface area contributed by atoms with Gasteiger partial charge in [-0.2, -0.15) is 0 Å². The van der Waals surface area contributed by atoms with Gasteiger partial charge in [-0.15, -0.1) is 6.42 Å². The Hall–Kier alpha value is -0.330. The zero-order valence-corrected chi connectivity index (χ0v) is 8.78. The lowest BCUT2D eigenvalue weighted by Gasteiger charge is -2.15. The molecule has 0 rings (SSSR count). The molecule has 2 nitrogen and oxygen atoms in total. The second-order valence-electron chi connectivity index (χ2n) is 3.02. The lowest BCUT2D eigenvalue weighted by atomic mass is 10.2. The van der Waals surface area contributed by atoms with Gasteiger partial charge in [0.05, 0.1) is 6.04 Å². The van der Waals surface area contributed by atoms with Gasteiger partial charge in [-0.1, -0.05) is 5.92 Å². The first-order valence-electron chi connectivity index (χ1n) is 4.08. The van der Waals surface area contributed by atoms with E-state index in [0.29, 0.717) is 6.04 Å². The number of nitrogens with one attached hydrogen (secondary N) is 1. The molecule has 3 atom stereocenters. The zero-order chi connectivity index (χ0) is 9.56. The van der Waals surface area contributed by atoms with E-state index in [4.69, 9.17) is 6.42 Å². The van der Waals surface area contributed by atoms with Crippen molar-refractivity contribution in [3.05, 3.63) is 0 Å². The highest BCUT2D eigenvalue weighted by Crippen LogP contribution is 1.94. The SMILES string of the molecule is C#CC(C)NC(C)CCS(C)=O. The van der Waals surface area contributed by atoms with Crippen molar-refractivity contribution in [3.63, 3.8) is 0 Å². The third-order valence-corrected chi connectivity index (χ3v) is 2.43. The molecule has 0 radical (unpaired) electrons. The van der Waals surface area contributed by atoms with E-state index in [1.54, 1.807) is 6.26 Å². The molecule has 0 bridgehead atoms. The van der Waals surface area contributed by atoms with Gasteiger partial charge in [0, 0.05) is 28.9 Å². The number of hydrogen-bond donors (Lipinski definition) is 1. The Labute approximate surface area is 77.6 Å². The van der Waals surface area contributed by atoms with E-state index in [-0.39, 0.29) is 6.04 Å². The molecule has 70 valence electrons. The van der Waals surface area contributed by atoms with Gasteiger partial charge in [0.2, 0.25) is 0 Å². The third-order valence-electron chi connectivity index (χ3n) is 1.62. The lowest BCUT2D eigenvalue weighted by molar-refractivity contribution is 0.513. The van der Waals surface area contributed by atoms with Crippen LogP contribution in [0.25, 0.3) is 0 Å². The Kier molecular flexibility index (Phi) is 6.04. The van der Waals surface area contributed by atoms with E-state index in [9.17, 15) is 4.21 Å². The third kappa shape index (κ3) is 6.38. The van der Waals surface area contributed by atoms with E-state index in [2.05, 4.69) is 18.2 Å². The fourth-order valence-electron chi connectivity index (χ4n) is 0.901. The average Bonchev–Trinajstić information content (AvgIpc) is 2.00. The van der Waals surface area contributed by atoms with Crippen LogP contribution in [0.3, 0.4) is 0 Å². The lowest BCUT2D eigenvalue weighted by Crippen LogP contribution is -2.34. The summed E-state index contributed by atoms with van der Waals surface area (Å²) in [7, 11) is -0.695. The molecule has 3 unspecified atom stereocenters. The molecule has 0 aliphatic carbocycles. The Morgan fingerprint density at radius 3 is 2.58 bits per heavy atom. The second kappa shape index (κ2) is 6.22. The molecule has 3 heteroatoms. The number of rotatable bonds is 5. The Balaban J connectivity index is 3.54. The van der Waals surface area contributed by atoms with E-state index in [1.807, 2.05) is 6.92 Å². The standard InChI is InChI=1S/C9H17NOS/c1-5-8(2)10-9(3)6-7-12(4)11/h1,8-10H,6-7H2,2-4H3. The van der Waals surface area contributed by atoms with Crippen molar-refractivity contribution >= 4 is 10.8 Å². The maximum Gasteiger partial charge on any atom is 0.0660 e. The fraction of sp³-hybridized carbons (Fsp3) is 0.778. The van der Waals surface area contributed by atoms with Crippen LogP contribution in [0.1, 0.15) is 20.3 Å². The predicted molar refractivity (Wildman–Crippen MR) is 54.4 cm³/mol. The molecule has 0 fully saturated rings. The van der Waals surface area contributed by atoms with Crippen molar-refractivity contribution in [1.82, 2.24) is 5.32 Å². The summed E-state index contributed by atoms with van der Waals surface area (Å²) in [5.74, 6) is 3.34. The van der Waals surface area contributed by atoms with Crippen LogP contribution >= 0.6 is 0 Å². The molecular weight excluding hydrogens is 170 g/mol. The van der Waals surface area contributed by atoms with Crippen LogP contribution in [-0.2, 0) is 10.8 Å². The highest BCUT2D eigenvalue weighted by Gasteiger charge is 2.04. The van der Waals surface area contributed by atoms with Gasteiger partial charge in [0.25, 0.3) is 0 Å². The van der Waals surface area contributed by atoms with Gasteiger partial charge in [0.1, 0.15) is 0 Å². The Bertz CT molecular complexity index is 185. The van der Waals surface area contributed by atoms with Crippen LogP contribution in [0.15, 0.2) is 0 Å². The van der Waals surface area contributed by atoms with Crippen LogP contribution in [-0.4, -0.2) is 28.3 Å². The number of terminal acetylenes is 1. The maximum atomic E-state index is 10.7. The molecule has 0 saturated carbocycles. The second-order valence-corrected chi connectivity index (χ2v) is 4.58. The summed E-state index contributed by atoms with van der Waals surface area (Å²) in [6.07, 6.45) is 7.84. The maximum absolute atomic E-state index is 10.7. The van der Waals surface area contributed by atoms with Crippen LogP contribution in [0.2, 0.25) is 0 Å². The average molecular weight is 187 g/mol. The topological polar surface area (TPSA) is 29.1 Å². The monoisotopic (exact) mass is 187 g/mol. The summed E-state index contributed by atoms with van der Waals surface area (Å²) in [5.41, 5.74) is 0. The van der Waals surface area contributed by atoms with Crippen molar-refractivity contribution in [2.24, 2.45) is 0 Å². The van der Waals surface area contributed by atoms with Crippen molar-refractivity contribution in [3.8, 4) is 12.3 Å². The van der Waals surface area contributed by atoms with Crippen LogP contribution in [0.5, 0.6) is 0 Å². The Morgan fingerprint density at radius 2 is 2.17 bits per heavy atom. The molecule has 12 heavy (non-hydrogen) atoms. The first kappa shape index (κ1) is 11.7. The normalized spacial score (nSPS) is 17.8. The minimum atomic E-state index is -0.695. The summed E-state index contributed by atoms with van der Waals surface area (Å²) in [6, 6.07) is 0.449. The first-order valence-corrected chi connectivity index (χ1v) is 5.81. The molecule has 0 amide bonds. The fourth-order valence-corrected chi connectivity index (χ4v) is 1.59. The largest absolute Gasteiger partial charge is 0.301 e. The summed E-state index contributed by atoms with van der Waals surface area (Å²) in [4.78, 5) is 0. The molecule has 0 aliphatic heterocycles. The molecule has 1 N–H and O–H groups in total. The zero-order valence-electron chi connectivity index (χ0n) is 7.96. The molecule has 0 aromatic rings. The van der Waals surface area contributed by atoms with Crippen molar-refractivity contribution in [2.75, 3.05) is 12.0 Å². The van der Waals surface area contributed by atoms with Gasteiger partial charge in [-0.25, -0.2) is 0 Å². The molecule has 0 aromatic heterocycles. The molecule has 0 aliphatic rings. The van der Waals surface area contributed by atoms with Gasteiger partial charge in [-0.05, 0) is 20.3 Å². The highest BCUT2D eigenvalue weighted by atomic mass is 32.2. The minimum absolute atomic E-state index is 0.102. The minimum Gasteiger partial charge on any atom is -0.301 e. The Morgan fingerprint density at radius 1 is 1.58 bits per heavy atom. The molecule has 0 aromatic carbocycles. The first-order chi connectivity index (χ1) is 5.56. The van der Waals surface area contributed by atoms with Crippen LogP contribution in [0, 0.1) is 12.3 Å². The molecular formula is C9H17NOS. The summed E-state index contributed by atoms with van der Waals surface area (Å²) < 4.78 is 10.7. The van der Waals surface area contributed by atoms with E-state index >= 15 is 0 Å². The van der Waals surface area contributed by atoms with Crippen molar-refractivity contribution < 1.29 is 4.21 Å².